The van der Waals surface area contributed by atoms with Crippen LogP contribution in [0, 0.1) is 5.92 Å². The normalized spacial score (nSPS) is 12.7. The molecular weight excluding hydrogens is 248 g/mol. The van der Waals surface area contributed by atoms with Crippen molar-refractivity contribution in [3.05, 3.63) is 0 Å². The van der Waals surface area contributed by atoms with Gasteiger partial charge >= 0.3 is 5.97 Å². The first-order valence-electron chi connectivity index (χ1n) is 8.89. The molecule has 0 spiro atoms. The van der Waals surface area contributed by atoms with E-state index >= 15 is 0 Å². The van der Waals surface area contributed by atoms with E-state index in [4.69, 9.17) is 4.74 Å². The van der Waals surface area contributed by atoms with Crippen molar-refractivity contribution < 1.29 is 9.53 Å². The molecule has 2 heteroatoms. The number of carbonyl (C=O) groups excluding carboxylic acids is 1. The standard InChI is InChI=1S/C18H36O2/c1-5-9-11-13-15-16(14-12-10-6-2)18(19)20-17(7-3)8-4/h16-17H,5-15H2,1-4H3. The van der Waals surface area contributed by atoms with Gasteiger partial charge in [0.1, 0.15) is 6.10 Å². The summed E-state index contributed by atoms with van der Waals surface area (Å²) in [6, 6.07) is 0. The zero-order valence-electron chi connectivity index (χ0n) is 14.2. The summed E-state index contributed by atoms with van der Waals surface area (Å²) in [5.41, 5.74) is 0. The summed E-state index contributed by atoms with van der Waals surface area (Å²) < 4.78 is 5.66. The van der Waals surface area contributed by atoms with E-state index in [1.807, 2.05) is 0 Å². The predicted octanol–water partition coefficient (Wildman–Crippen LogP) is 5.89. The maximum absolute atomic E-state index is 12.3. The lowest BCUT2D eigenvalue weighted by molar-refractivity contribution is -0.155. The number of unbranched alkanes of at least 4 members (excludes halogenated alkanes) is 5. The van der Waals surface area contributed by atoms with E-state index in [9.17, 15) is 4.79 Å². The van der Waals surface area contributed by atoms with Crippen LogP contribution in [0.15, 0.2) is 0 Å². The van der Waals surface area contributed by atoms with Crippen LogP contribution in [0.3, 0.4) is 0 Å². The summed E-state index contributed by atoms with van der Waals surface area (Å²) in [4.78, 5) is 12.3. The van der Waals surface area contributed by atoms with Gasteiger partial charge < -0.3 is 4.74 Å². The third kappa shape index (κ3) is 9.39. The second-order valence-corrected chi connectivity index (χ2v) is 5.92. The fraction of sp³-hybridized carbons (Fsp3) is 0.944. The monoisotopic (exact) mass is 284 g/mol. The summed E-state index contributed by atoms with van der Waals surface area (Å²) in [6.45, 7) is 8.61. The molecule has 0 amide bonds. The van der Waals surface area contributed by atoms with Gasteiger partial charge in [-0.3, -0.25) is 4.79 Å². The lowest BCUT2D eigenvalue weighted by Gasteiger charge is -2.20. The summed E-state index contributed by atoms with van der Waals surface area (Å²) in [7, 11) is 0. The van der Waals surface area contributed by atoms with Gasteiger partial charge in [0.15, 0.2) is 0 Å². The first-order chi connectivity index (χ1) is 9.69. The smallest absolute Gasteiger partial charge is 0.309 e. The van der Waals surface area contributed by atoms with Crippen LogP contribution in [0.2, 0.25) is 0 Å². The molecule has 0 aromatic rings. The lowest BCUT2D eigenvalue weighted by Crippen LogP contribution is -2.24. The van der Waals surface area contributed by atoms with Crippen LogP contribution in [-0.2, 0) is 9.53 Å². The Morgan fingerprint density at radius 2 is 1.30 bits per heavy atom. The van der Waals surface area contributed by atoms with Crippen molar-refractivity contribution in [2.75, 3.05) is 0 Å². The van der Waals surface area contributed by atoms with E-state index in [1.165, 1.54) is 38.5 Å². The van der Waals surface area contributed by atoms with E-state index in [0.717, 1.165) is 32.1 Å². The molecule has 0 heterocycles. The second-order valence-electron chi connectivity index (χ2n) is 5.92. The van der Waals surface area contributed by atoms with Gasteiger partial charge in [0.05, 0.1) is 5.92 Å². The Kier molecular flexibility index (Phi) is 13.1. The molecule has 120 valence electrons. The molecule has 0 aliphatic rings. The zero-order valence-corrected chi connectivity index (χ0v) is 14.2. The molecule has 0 N–H and O–H groups in total. The molecule has 0 fully saturated rings. The Bertz CT molecular complexity index is 221. The lowest BCUT2D eigenvalue weighted by atomic mass is 9.94. The number of hydrogen-bond donors (Lipinski definition) is 0. The molecule has 1 unspecified atom stereocenters. The zero-order chi connectivity index (χ0) is 15.2. The van der Waals surface area contributed by atoms with Crippen molar-refractivity contribution >= 4 is 5.97 Å². The van der Waals surface area contributed by atoms with Gasteiger partial charge in [-0.25, -0.2) is 0 Å². The van der Waals surface area contributed by atoms with Crippen molar-refractivity contribution in [2.45, 2.75) is 104 Å². The van der Waals surface area contributed by atoms with Crippen molar-refractivity contribution in [2.24, 2.45) is 5.92 Å². The van der Waals surface area contributed by atoms with Crippen molar-refractivity contribution in [1.29, 1.82) is 0 Å². The number of ether oxygens (including phenoxy) is 1. The summed E-state index contributed by atoms with van der Waals surface area (Å²) in [5.74, 6) is 0.199. The Labute approximate surface area is 126 Å². The van der Waals surface area contributed by atoms with Gasteiger partial charge in [0.2, 0.25) is 0 Å². The molecule has 0 aliphatic carbocycles. The largest absolute Gasteiger partial charge is 0.462 e. The van der Waals surface area contributed by atoms with Crippen LogP contribution in [0.4, 0.5) is 0 Å². The molecule has 0 aliphatic heterocycles. The van der Waals surface area contributed by atoms with Gasteiger partial charge in [0.25, 0.3) is 0 Å². The molecule has 0 saturated carbocycles. The van der Waals surface area contributed by atoms with E-state index < -0.39 is 0 Å². The topological polar surface area (TPSA) is 26.3 Å². The third-order valence-corrected chi connectivity index (χ3v) is 4.09. The Morgan fingerprint density at radius 1 is 0.800 bits per heavy atom. The summed E-state index contributed by atoms with van der Waals surface area (Å²) >= 11 is 0. The summed E-state index contributed by atoms with van der Waals surface area (Å²) in [6.07, 6.45) is 12.6. The first-order valence-corrected chi connectivity index (χ1v) is 8.89. The molecule has 0 bridgehead atoms. The Hall–Kier alpha value is -0.530. The van der Waals surface area contributed by atoms with Crippen LogP contribution >= 0.6 is 0 Å². The molecule has 0 rings (SSSR count). The molecule has 0 radical (unpaired) electrons. The minimum atomic E-state index is 0.0614. The Balaban J connectivity index is 4.21. The quantitative estimate of drug-likeness (QED) is 0.311. The van der Waals surface area contributed by atoms with Crippen molar-refractivity contribution in [1.82, 2.24) is 0 Å². The van der Waals surface area contributed by atoms with E-state index in [-0.39, 0.29) is 18.0 Å². The average Bonchev–Trinajstić information content (AvgIpc) is 2.47. The molecular formula is C18H36O2. The highest BCUT2D eigenvalue weighted by Crippen LogP contribution is 2.21. The van der Waals surface area contributed by atoms with Crippen LogP contribution < -0.4 is 0 Å². The fourth-order valence-electron chi connectivity index (χ4n) is 2.55. The molecule has 0 aromatic heterocycles. The van der Waals surface area contributed by atoms with Gasteiger partial charge in [-0.2, -0.15) is 0 Å². The minimum absolute atomic E-state index is 0.0614. The van der Waals surface area contributed by atoms with Gasteiger partial charge in [0, 0.05) is 0 Å². The van der Waals surface area contributed by atoms with Crippen LogP contribution in [0.1, 0.15) is 98.3 Å². The predicted molar refractivity (Wildman–Crippen MR) is 86.9 cm³/mol. The van der Waals surface area contributed by atoms with Gasteiger partial charge in [-0.15, -0.1) is 0 Å². The van der Waals surface area contributed by atoms with Crippen molar-refractivity contribution in [3.63, 3.8) is 0 Å². The van der Waals surface area contributed by atoms with E-state index in [2.05, 4.69) is 27.7 Å². The van der Waals surface area contributed by atoms with Crippen LogP contribution in [-0.4, -0.2) is 12.1 Å². The molecule has 1 atom stereocenters. The fourth-order valence-corrected chi connectivity index (χ4v) is 2.55. The SMILES string of the molecule is CCCCCCC(CCCCC)C(=O)OC(CC)CC. The van der Waals surface area contributed by atoms with Crippen LogP contribution in [0.5, 0.6) is 0 Å². The molecule has 20 heavy (non-hydrogen) atoms. The highest BCUT2D eigenvalue weighted by Gasteiger charge is 2.21. The average molecular weight is 284 g/mol. The second kappa shape index (κ2) is 13.5. The first kappa shape index (κ1) is 19.5. The number of esters is 1. The number of carbonyl (C=O) groups is 1. The Morgan fingerprint density at radius 3 is 1.80 bits per heavy atom. The molecule has 0 saturated heterocycles. The van der Waals surface area contributed by atoms with Gasteiger partial charge in [-0.05, 0) is 25.7 Å². The van der Waals surface area contributed by atoms with Crippen molar-refractivity contribution in [3.8, 4) is 0 Å². The van der Waals surface area contributed by atoms with Crippen LogP contribution in [0.25, 0.3) is 0 Å². The van der Waals surface area contributed by atoms with E-state index in [1.54, 1.807) is 0 Å². The maximum atomic E-state index is 12.3. The summed E-state index contributed by atoms with van der Waals surface area (Å²) in [5, 5.41) is 0. The number of hydrogen-bond acceptors (Lipinski definition) is 2. The number of rotatable bonds is 13. The highest BCUT2D eigenvalue weighted by molar-refractivity contribution is 5.72. The third-order valence-electron chi connectivity index (χ3n) is 4.09. The minimum Gasteiger partial charge on any atom is -0.462 e. The maximum Gasteiger partial charge on any atom is 0.309 e. The van der Waals surface area contributed by atoms with Gasteiger partial charge in [-0.1, -0.05) is 72.6 Å². The molecule has 0 aromatic carbocycles. The highest BCUT2D eigenvalue weighted by atomic mass is 16.5. The molecule has 2 nitrogen and oxygen atoms in total. The van der Waals surface area contributed by atoms with E-state index in [0.29, 0.717) is 0 Å².